The quantitative estimate of drug-likeness (QED) is 0.516. The molecule has 0 aromatic heterocycles. The molecular weight excluding hydrogens is 344 g/mol. The maximum atomic E-state index is 13.0. The summed E-state index contributed by atoms with van der Waals surface area (Å²) in [5, 5.41) is 11.1. The van der Waals surface area contributed by atoms with Gasteiger partial charge in [0, 0.05) is 36.4 Å². The topological polar surface area (TPSA) is 79.2 Å². The van der Waals surface area contributed by atoms with Gasteiger partial charge >= 0.3 is 5.97 Å². The first-order valence-corrected chi connectivity index (χ1v) is 8.61. The molecule has 1 fully saturated rings. The molecule has 0 aliphatic carbocycles. The Labute approximate surface area is 156 Å². The number of aliphatic imine (C=N–C) groups is 1. The minimum absolute atomic E-state index is 0.245. The van der Waals surface area contributed by atoms with E-state index >= 15 is 0 Å². The second-order valence-electron chi connectivity index (χ2n) is 6.67. The molecule has 1 atom stereocenters. The third-order valence-electron chi connectivity index (χ3n) is 4.84. The molecule has 2 aliphatic rings. The predicted molar refractivity (Wildman–Crippen MR) is 102 cm³/mol. The van der Waals surface area contributed by atoms with Crippen molar-refractivity contribution in [3.63, 3.8) is 0 Å². The van der Waals surface area contributed by atoms with Crippen molar-refractivity contribution in [1.29, 1.82) is 0 Å². The van der Waals surface area contributed by atoms with Crippen LogP contribution >= 0.6 is 0 Å². The smallest absolute Gasteiger partial charge is 0.335 e. The number of carbonyl (C=O) groups is 2. The molecule has 2 heterocycles. The van der Waals surface area contributed by atoms with Crippen molar-refractivity contribution in [1.82, 2.24) is 0 Å². The molecule has 0 bridgehead atoms. The normalized spacial score (nSPS) is 20.6. The van der Waals surface area contributed by atoms with E-state index in [-0.39, 0.29) is 12.2 Å². The average molecular weight is 362 g/mol. The van der Waals surface area contributed by atoms with Crippen LogP contribution in [0.1, 0.15) is 22.3 Å². The number of anilines is 1. The van der Waals surface area contributed by atoms with Crippen molar-refractivity contribution >= 4 is 29.0 Å². The Bertz CT molecular complexity index is 1010. The average Bonchev–Trinajstić information content (AvgIpc) is 3.01. The molecule has 2 aromatic rings. The first-order valence-electron chi connectivity index (χ1n) is 8.61. The van der Waals surface area contributed by atoms with Gasteiger partial charge < -0.3 is 14.7 Å². The zero-order valence-electron chi connectivity index (χ0n) is 14.8. The summed E-state index contributed by atoms with van der Waals surface area (Å²) in [6.07, 6.45) is 1.33. The van der Waals surface area contributed by atoms with Crippen molar-refractivity contribution in [2.45, 2.75) is 18.9 Å². The maximum absolute atomic E-state index is 13.0. The number of hydrogen-bond acceptors (Lipinski definition) is 6. The van der Waals surface area contributed by atoms with Gasteiger partial charge in [-0.05, 0) is 31.2 Å². The minimum atomic E-state index is -1.64. The number of Topliss-reactive ketones (excluding diaryl/α,β-unsaturated/α-hetero) is 1. The van der Waals surface area contributed by atoms with Crippen molar-refractivity contribution in [3.05, 3.63) is 66.2 Å². The molecule has 4 rings (SSSR count). The number of rotatable bonds is 3. The zero-order valence-corrected chi connectivity index (χ0v) is 14.8. The number of amidine groups is 1. The Balaban J connectivity index is 1.76. The van der Waals surface area contributed by atoms with Gasteiger partial charge in [0.05, 0.1) is 5.69 Å². The lowest BCUT2D eigenvalue weighted by Crippen LogP contribution is -2.48. The van der Waals surface area contributed by atoms with Crippen LogP contribution in [-0.4, -0.2) is 34.8 Å². The molecule has 0 spiro atoms. The van der Waals surface area contributed by atoms with Gasteiger partial charge in [0.2, 0.25) is 5.78 Å². The van der Waals surface area contributed by atoms with E-state index in [1.54, 1.807) is 35.2 Å². The van der Waals surface area contributed by atoms with E-state index in [2.05, 4.69) is 11.6 Å². The fourth-order valence-electron chi connectivity index (χ4n) is 3.47. The number of fused-ring (bicyclic) bond motifs is 2. The second kappa shape index (κ2) is 6.17. The third-order valence-corrected chi connectivity index (χ3v) is 4.84. The summed E-state index contributed by atoms with van der Waals surface area (Å²) in [6, 6.07) is 12.3. The zero-order chi connectivity index (χ0) is 19.2. The van der Waals surface area contributed by atoms with Crippen LogP contribution in [0.5, 0.6) is 5.75 Å². The highest BCUT2D eigenvalue weighted by atomic mass is 16.5. The first kappa shape index (κ1) is 17.2. The van der Waals surface area contributed by atoms with Crippen LogP contribution in [0.3, 0.4) is 0 Å². The summed E-state index contributed by atoms with van der Waals surface area (Å²) in [7, 11) is 0. The number of ketones is 1. The van der Waals surface area contributed by atoms with Crippen LogP contribution in [0.2, 0.25) is 0 Å². The van der Waals surface area contributed by atoms with E-state index in [1.807, 2.05) is 19.1 Å². The van der Waals surface area contributed by atoms with Crippen LogP contribution in [0.15, 0.2) is 60.1 Å². The standard InChI is InChI=1S/C21H18N2O4/c1-3-18(24)27-15-6-4-5-14(12-15)23-10-9-21(26)19(25)16-11-13(2)7-8-17(16)22-20(21)23/h3-8,11-12,26H,1,9-10H2,2H3/t21-/m1/s1. The highest BCUT2D eigenvalue weighted by Gasteiger charge is 2.52. The monoisotopic (exact) mass is 362 g/mol. The molecule has 2 aromatic carbocycles. The Hall–Kier alpha value is -3.25. The molecule has 2 aliphatic heterocycles. The SMILES string of the molecule is C=CC(=O)Oc1cccc(N2CC[C@@]3(O)C(=O)c4cc(C)ccc4N=C23)c1. The lowest BCUT2D eigenvalue weighted by molar-refractivity contribution is -0.128. The van der Waals surface area contributed by atoms with E-state index < -0.39 is 11.6 Å². The molecule has 1 saturated heterocycles. The molecule has 27 heavy (non-hydrogen) atoms. The summed E-state index contributed by atoms with van der Waals surface area (Å²) in [5.74, 6) is -0.231. The number of nitrogens with zero attached hydrogens (tertiary/aromatic N) is 2. The number of carbonyl (C=O) groups excluding carboxylic acids is 2. The lowest BCUT2D eigenvalue weighted by atomic mass is 9.87. The van der Waals surface area contributed by atoms with Crippen molar-refractivity contribution in [2.24, 2.45) is 4.99 Å². The van der Waals surface area contributed by atoms with Gasteiger partial charge in [0.25, 0.3) is 0 Å². The Morgan fingerprint density at radius 2 is 2.15 bits per heavy atom. The van der Waals surface area contributed by atoms with E-state index in [0.717, 1.165) is 11.6 Å². The number of benzene rings is 2. The van der Waals surface area contributed by atoms with Crippen LogP contribution in [0.4, 0.5) is 11.4 Å². The Morgan fingerprint density at radius 3 is 2.93 bits per heavy atom. The van der Waals surface area contributed by atoms with Crippen LogP contribution in [0, 0.1) is 6.92 Å². The third kappa shape index (κ3) is 2.74. The summed E-state index contributed by atoms with van der Waals surface area (Å²) < 4.78 is 5.16. The fourth-order valence-corrected chi connectivity index (χ4v) is 3.47. The molecule has 1 N–H and O–H groups in total. The largest absolute Gasteiger partial charge is 0.423 e. The maximum Gasteiger partial charge on any atom is 0.335 e. The molecular formula is C21H18N2O4. The molecule has 0 radical (unpaired) electrons. The molecule has 0 saturated carbocycles. The summed E-state index contributed by atoms with van der Waals surface area (Å²) in [6.45, 7) is 5.70. The molecule has 6 nitrogen and oxygen atoms in total. The van der Waals surface area contributed by atoms with E-state index in [4.69, 9.17) is 4.74 Å². The van der Waals surface area contributed by atoms with Gasteiger partial charge in [0.15, 0.2) is 5.60 Å². The van der Waals surface area contributed by atoms with Gasteiger partial charge in [-0.2, -0.15) is 0 Å². The van der Waals surface area contributed by atoms with Crippen molar-refractivity contribution < 1.29 is 19.4 Å². The van der Waals surface area contributed by atoms with Crippen LogP contribution < -0.4 is 9.64 Å². The molecule has 0 amide bonds. The van der Waals surface area contributed by atoms with E-state index in [0.29, 0.717) is 35.1 Å². The molecule has 0 unspecified atom stereocenters. The van der Waals surface area contributed by atoms with Gasteiger partial charge in [-0.25, -0.2) is 9.79 Å². The second-order valence-corrected chi connectivity index (χ2v) is 6.67. The molecule has 6 heteroatoms. The minimum Gasteiger partial charge on any atom is -0.423 e. The lowest BCUT2D eigenvalue weighted by Gasteiger charge is -2.30. The Morgan fingerprint density at radius 1 is 1.33 bits per heavy atom. The van der Waals surface area contributed by atoms with Crippen LogP contribution in [-0.2, 0) is 4.79 Å². The van der Waals surface area contributed by atoms with Crippen molar-refractivity contribution in [2.75, 3.05) is 11.4 Å². The fraction of sp³-hybridized carbons (Fsp3) is 0.190. The summed E-state index contributed by atoms with van der Waals surface area (Å²) in [4.78, 5) is 30.8. The number of hydrogen-bond donors (Lipinski definition) is 1. The first-order chi connectivity index (χ1) is 12.9. The highest BCUT2D eigenvalue weighted by Crippen LogP contribution is 2.40. The Kier molecular flexibility index (Phi) is 3.93. The highest BCUT2D eigenvalue weighted by molar-refractivity contribution is 6.28. The number of esters is 1. The van der Waals surface area contributed by atoms with Crippen molar-refractivity contribution in [3.8, 4) is 5.75 Å². The van der Waals surface area contributed by atoms with Gasteiger partial charge in [-0.15, -0.1) is 0 Å². The summed E-state index contributed by atoms with van der Waals surface area (Å²) >= 11 is 0. The number of aliphatic hydroxyl groups is 1. The van der Waals surface area contributed by atoms with Gasteiger partial charge in [-0.3, -0.25) is 4.79 Å². The summed E-state index contributed by atoms with van der Waals surface area (Å²) in [5.41, 5.74) is 0.968. The number of ether oxygens (including phenoxy) is 1. The van der Waals surface area contributed by atoms with Crippen LogP contribution in [0.25, 0.3) is 0 Å². The van der Waals surface area contributed by atoms with E-state index in [9.17, 15) is 14.7 Å². The molecule has 136 valence electrons. The van der Waals surface area contributed by atoms with E-state index in [1.165, 1.54) is 0 Å². The van der Waals surface area contributed by atoms with Gasteiger partial charge in [-0.1, -0.05) is 24.3 Å². The predicted octanol–water partition coefficient (Wildman–Crippen LogP) is 2.95. The number of aryl methyl sites for hydroxylation is 1. The van der Waals surface area contributed by atoms with Gasteiger partial charge in [0.1, 0.15) is 11.6 Å².